The fourth-order valence-electron chi connectivity index (χ4n) is 1.02. The van der Waals surface area contributed by atoms with Gasteiger partial charge in [-0.1, -0.05) is 0 Å². The average Bonchev–Trinajstić information content (AvgIpc) is 2.50. The minimum Gasteiger partial charge on any atom is -0.353 e. The van der Waals surface area contributed by atoms with Crippen molar-refractivity contribution in [3.05, 3.63) is 28.1 Å². The number of carbonyl (C=O) groups is 1. The van der Waals surface area contributed by atoms with Crippen molar-refractivity contribution in [2.24, 2.45) is 0 Å². The van der Waals surface area contributed by atoms with E-state index in [-0.39, 0.29) is 23.7 Å². The van der Waals surface area contributed by atoms with Crippen LogP contribution in [0.25, 0.3) is 0 Å². The minimum absolute atomic E-state index is 0.0906. The van der Waals surface area contributed by atoms with Crippen LogP contribution in [0.5, 0.6) is 0 Å². The number of ketones is 1. The molecule has 0 fully saturated rings. The summed E-state index contributed by atoms with van der Waals surface area (Å²) in [5.41, 5.74) is 0.178. The molecule has 1 aromatic rings. The molecule has 0 atom stereocenters. The summed E-state index contributed by atoms with van der Waals surface area (Å²) in [4.78, 5) is 25.5. The van der Waals surface area contributed by atoms with Crippen molar-refractivity contribution in [2.75, 3.05) is 20.6 Å². The Hall–Kier alpha value is -1.69. The molecule has 0 amide bonds. The Labute approximate surface area is 80.7 Å². The molecule has 0 aliphatic rings. The molecule has 76 valence electrons. The predicted octanol–water partition coefficient (Wildman–Crippen LogP) is 0.667. The van der Waals surface area contributed by atoms with Crippen LogP contribution >= 0.6 is 0 Å². The van der Waals surface area contributed by atoms with E-state index >= 15 is 0 Å². The third kappa shape index (κ3) is 2.40. The number of nitrogens with one attached hydrogen (secondary N) is 1. The first-order valence-corrected chi connectivity index (χ1v) is 4.01. The van der Waals surface area contributed by atoms with Crippen molar-refractivity contribution in [1.29, 1.82) is 0 Å². The molecule has 6 nitrogen and oxygen atoms in total. The second-order valence-corrected chi connectivity index (χ2v) is 3.19. The molecule has 0 spiro atoms. The van der Waals surface area contributed by atoms with Crippen LogP contribution in [0.1, 0.15) is 10.5 Å². The number of carbonyl (C=O) groups excluding carboxylic acids is 1. The second-order valence-electron chi connectivity index (χ2n) is 3.19. The topological polar surface area (TPSA) is 79.2 Å². The number of hydrogen-bond donors (Lipinski definition) is 1. The molecule has 0 aliphatic heterocycles. The second kappa shape index (κ2) is 4.01. The van der Waals surface area contributed by atoms with E-state index in [2.05, 4.69) is 4.98 Å². The highest BCUT2D eigenvalue weighted by molar-refractivity contribution is 5.96. The van der Waals surface area contributed by atoms with Crippen LogP contribution in [0.2, 0.25) is 0 Å². The quantitative estimate of drug-likeness (QED) is 0.437. The Morgan fingerprint density at radius 1 is 1.64 bits per heavy atom. The van der Waals surface area contributed by atoms with Crippen LogP contribution < -0.4 is 0 Å². The molecule has 1 heterocycles. The van der Waals surface area contributed by atoms with Crippen molar-refractivity contribution in [3.8, 4) is 0 Å². The zero-order chi connectivity index (χ0) is 10.7. The van der Waals surface area contributed by atoms with Crippen molar-refractivity contribution in [1.82, 2.24) is 9.88 Å². The Balaban J connectivity index is 2.76. The number of aromatic amines is 1. The van der Waals surface area contributed by atoms with E-state index in [1.165, 1.54) is 12.3 Å². The lowest BCUT2D eigenvalue weighted by molar-refractivity contribution is -0.384. The van der Waals surface area contributed by atoms with Crippen LogP contribution in [-0.2, 0) is 0 Å². The smallest absolute Gasteiger partial charge is 0.287 e. The largest absolute Gasteiger partial charge is 0.353 e. The molecule has 1 aromatic heterocycles. The van der Waals surface area contributed by atoms with Crippen molar-refractivity contribution >= 4 is 11.5 Å². The van der Waals surface area contributed by atoms with Gasteiger partial charge in [-0.15, -0.1) is 0 Å². The molecule has 0 aromatic carbocycles. The molecule has 6 heteroatoms. The van der Waals surface area contributed by atoms with E-state index < -0.39 is 4.92 Å². The summed E-state index contributed by atoms with van der Waals surface area (Å²) < 4.78 is 0. The molecule has 0 radical (unpaired) electrons. The predicted molar refractivity (Wildman–Crippen MR) is 50.3 cm³/mol. The zero-order valence-electron chi connectivity index (χ0n) is 7.98. The number of hydrogen-bond acceptors (Lipinski definition) is 4. The third-order valence-corrected chi connectivity index (χ3v) is 1.64. The number of nitro groups is 1. The van der Waals surface area contributed by atoms with Crippen LogP contribution in [0, 0.1) is 10.1 Å². The highest BCUT2D eigenvalue weighted by Crippen LogP contribution is 2.12. The number of Topliss-reactive ketones (excluding diaryl/α,β-unsaturated/α-hetero) is 1. The maximum Gasteiger partial charge on any atom is 0.287 e. The maximum absolute atomic E-state index is 11.4. The van der Waals surface area contributed by atoms with Crippen LogP contribution in [0.4, 0.5) is 5.69 Å². The first kappa shape index (κ1) is 10.4. The van der Waals surface area contributed by atoms with Gasteiger partial charge in [-0.25, -0.2) is 0 Å². The lowest BCUT2D eigenvalue weighted by Gasteiger charge is -2.05. The molecular weight excluding hydrogens is 186 g/mol. The SMILES string of the molecule is CN(C)CC(=O)c1cc([N+](=O)[O-])c[nH]1. The Kier molecular flexibility index (Phi) is 2.98. The number of nitrogens with zero attached hydrogens (tertiary/aromatic N) is 2. The van der Waals surface area contributed by atoms with Crippen molar-refractivity contribution in [2.45, 2.75) is 0 Å². The lowest BCUT2D eigenvalue weighted by atomic mass is 10.3. The summed E-state index contributed by atoms with van der Waals surface area (Å²) in [5, 5.41) is 10.3. The molecule has 0 saturated heterocycles. The van der Waals surface area contributed by atoms with Gasteiger partial charge < -0.3 is 9.88 Å². The molecule has 1 N–H and O–H groups in total. The van der Waals surface area contributed by atoms with Gasteiger partial charge in [0.05, 0.1) is 23.4 Å². The van der Waals surface area contributed by atoms with E-state index in [0.717, 1.165) is 0 Å². The monoisotopic (exact) mass is 197 g/mol. The van der Waals surface area contributed by atoms with E-state index in [4.69, 9.17) is 0 Å². The van der Waals surface area contributed by atoms with Crippen LogP contribution in [0.3, 0.4) is 0 Å². The van der Waals surface area contributed by atoms with Gasteiger partial charge in [0, 0.05) is 6.07 Å². The molecule has 14 heavy (non-hydrogen) atoms. The number of rotatable bonds is 4. The summed E-state index contributed by atoms with van der Waals surface area (Å²) in [6.07, 6.45) is 1.21. The van der Waals surface area contributed by atoms with E-state index in [1.807, 2.05) is 0 Å². The van der Waals surface area contributed by atoms with Gasteiger partial charge in [0.25, 0.3) is 5.69 Å². The molecule has 1 rings (SSSR count). The highest BCUT2D eigenvalue weighted by Gasteiger charge is 2.14. The maximum atomic E-state index is 11.4. The van der Waals surface area contributed by atoms with Gasteiger partial charge in [0.2, 0.25) is 0 Å². The molecule has 0 aliphatic carbocycles. The van der Waals surface area contributed by atoms with Gasteiger partial charge in [-0.3, -0.25) is 14.9 Å². The summed E-state index contributed by atoms with van der Waals surface area (Å²) in [6, 6.07) is 1.24. The molecule has 0 bridgehead atoms. The third-order valence-electron chi connectivity index (χ3n) is 1.64. The van der Waals surface area contributed by atoms with Gasteiger partial charge in [0.1, 0.15) is 0 Å². The van der Waals surface area contributed by atoms with Gasteiger partial charge in [-0.2, -0.15) is 0 Å². The average molecular weight is 197 g/mol. The number of likely N-dealkylation sites (N-methyl/N-ethyl adjacent to an activating group) is 1. The summed E-state index contributed by atoms with van der Waals surface area (Å²) in [5.74, 6) is -0.164. The summed E-state index contributed by atoms with van der Waals surface area (Å²) >= 11 is 0. The number of aromatic nitrogens is 1. The van der Waals surface area contributed by atoms with E-state index in [0.29, 0.717) is 0 Å². The zero-order valence-corrected chi connectivity index (χ0v) is 7.98. The van der Waals surface area contributed by atoms with Gasteiger partial charge >= 0.3 is 0 Å². The van der Waals surface area contributed by atoms with E-state index in [1.54, 1.807) is 19.0 Å². The first-order chi connectivity index (χ1) is 6.50. The molecule has 0 unspecified atom stereocenters. The highest BCUT2D eigenvalue weighted by atomic mass is 16.6. The fraction of sp³-hybridized carbons (Fsp3) is 0.375. The number of H-pyrrole nitrogens is 1. The standard InChI is InChI=1S/C8H11N3O3/c1-10(2)5-8(12)7-3-6(4-9-7)11(13)14/h3-4,9H,5H2,1-2H3. The molecule has 0 saturated carbocycles. The lowest BCUT2D eigenvalue weighted by Crippen LogP contribution is -2.21. The summed E-state index contributed by atoms with van der Waals surface area (Å²) in [7, 11) is 3.52. The normalized spacial score (nSPS) is 10.5. The van der Waals surface area contributed by atoms with E-state index in [9.17, 15) is 14.9 Å². The molecular formula is C8H11N3O3. The van der Waals surface area contributed by atoms with Crippen LogP contribution in [-0.4, -0.2) is 41.2 Å². The summed E-state index contributed by atoms with van der Waals surface area (Å²) in [6.45, 7) is 0.234. The Morgan fingerprint density at radius 3 is 2.71 bits per heavy atom. The van der Waals surface area contributed by atoms with Crippen molar-refractivity contribution in [3.63, 3.8) is 0 Å². The van der Waals surface area contributed by atoms with Crippen LogP contribution in [0.15, 0.2) is 12.3 Å². The minimum atomic E-state index is -0.539. The van der Waals surface area contributed by atoms with Gasteiger partial charge in [-0.05, 0) is 14.1 Å². The fourth-order valence-corrected chi connectivity index (χ4v) is 1.02. The van der Waals surface area contributed by atoms with Crippen molar-refractivity contribution < 1.29 is 9.72 Å². The Morgan fingerprint density at radius 2 is 2.29 bits per heavy atom. The Bertz CT molecular complexity index is 356. The first-order valence-electron chi connectivity index (χ1n) is 4.01. The van der Waals surface area contributed by atoms with Gasteiger partial charge in [0.15, 0.2) is 5.78 Å².